The van der Waals surface area contributed by atoms with E-state index in [-0.39, 0.29) is 12.5 Å². The van der Waals surface area contributed by atoms with Crippen molar-refractivity contribution in [2.75, 3.05) is 6.54 Å². The van der Waals surface area contributed by atoms with E-state index in [4.69, 9.17) is 5.73 Å². The summed E-state index contributed by atoms with van der Waals surface area (Å²) in [4.78, 5) is 11.7. The minimum absolute atomic E-state index is 0.175. The number of nitrogens with one attached hydrogen (secondary N) is 1. The first-order valence-electron chi connectivity index (χ1n) is 7.32. The smallest absolute Gasteiger partial charge is 0.237 e. The Labute approximate surface area is 125 Å². The lowest BCUT2D eigenvalue weighted by atomic mass is 10.0. The van der Waals surface area contributed by atoms with Crippen LogP contribution in [-0.4, -0.2) is 23.6 Å². The Kier molecular flexibility index (Phi) is 5.31. The number of hydrogen-bond donors (Lipinski definition) is 3. The summed E-state index contributed by atoms with van der Waals surface area (Å²) in [6.45, 7) is 2.16. The molecule has 0 fully saturated rings. The summed E-state index contributed by atoms with van der Waals surface area (Å²) in [5.74, 6) is -0.211. The Morgan fingerprint density at radius 1 is 1.24 bits per heavy atom. The van der Waals surface area contributed by atoms with Gasteiger partial charge in [-0.3, -0.25) is 4.79 Å². The highest BCUT2D eigenvalue weighted by atomic mass is 16.3. The van der Waals surface area contributed by atoms with Crippen LogP contribution in [0.15, 0.2) is 42.5 Å². The molecule has 0 aliphatic carbocycles. The van der Waals surface area contributed by atoms with Crippen molar-refractivity contribution in [1.82, 2.24) is 5.32 Å². The monoisotopic (exact) mass is 286 g/mol. The number of rotatable bonds is 6. The van der Waals surface area contributed by atoms with Crippen molar-refractivity contribution in [3.8, 4) is 0 Å². The average molecular weight is 286 g/mol. The molecule has 0 aliphatic heterocycles. The van der Waals surface area contributed by atoms with Crippen LogP contribution in [0.3, 0.4) is 0 Å². The Balaban J connectivity index is 1.98. The number of carbonyl (C=O) groups is 1. The molecule has 112 valence electrons. The molecule has 0 radical (unpaired) electrons. The van der Waals surface area contributed by atoms with Gasteiger partial charge in [-0.15, -0.1) is 0 Å². The lowest BCUT2D eigenvalue weighted by Crippen LogP contribution is -2.41. The molecule has 2 aromatic rings. The lowest BCUT2D eigenvalue weighted by molar-refractivity contribution is -0.123. The molecule has 1 amide bonds. The number of benzene rings is 2. The summed E-state index contributed by atoms with van der Waals surface area (Å²) in [5.41, 5.74) is 6.52. The van der Waals surface area contributed by atoms with Gasteiger partial charge in [-0.1, -0.05) is 49.7 Å². The van der Waals surface area contributed by atoms with Crippen LogP contribution in [-0.2, 0) is 4.79 Å². The fraction of sp³-hybridized carbons (Fsp3) is 0.353. The molecular weight excluding hydrogens is 264 g/mol. The van der Waals surface area contributed by atoms with Gasteiger partial charge in [0.2, 0.25) is 5.91 Å². The molecular formula is C17H22N2O2. The molecule has 2 atom stereocenters. The van der Waals surface area contributed by atoms with Crippen LogP contribution in [0.25, 0.3) is 10.8 Å². The highest BCUT2D eigenvalue weighted by Gasteiger charge is 2.14. The number of amides is 1. The van der Waals surface area contributed by atoms with Gasteiger partial charge in [0, 0.05) is 6.54 Å². The molecule has 0 spiro atoms. The molecule has 0 bridgehead atoms. The summed E-state index contributed by atoms with van der Waals surface area (Å²) in [5, 5.41) is 15.1. The van der Waals surface area contributed by atoms with Crippen molar-refractivity contribution in [2.45, 2.75) is 31.9 Å². The maximum atomic E-state index is 11.7. The molecule has 4 heteroatoms. The third-order valence-electron chi connectivity index (χ3n) is 3.56. The molecule has 0 saturated heterocycles. The number of hydrogen-bond acceptors (Lipinski definition) is 3. The quantitative estimate of drug-likeness (QED) is 0.761. The molecule has 2 unspecified atom stereocenters. The standard InChI is InChI=1S/C17H22N2O2/c1-2-5-15(18)17(21)19-11-16(20)14-9-8-12-6-3-4-7-13(12)10-14/h3-4,6-10,15-16,20H,2,5,11,18H2,1H3,(H,19,21). The van der Waals surface area contributed by atoms with Gasteiger partial charge in [0.25, 0.3) is 0 Å². The normalized spacial score (nSPS) is 13.9. The Bertz CT molecular complexity index is 613. The van der Waals surface area contributed by atoms with Gasteiger partial charge in [0.15, 0.2) is 0 Å². The molecule has 21 heavy (non-hydrogen) atoms. The van der Waals surface area contributed by atoms with E-state index in [1.165, 1.54) is 0 Å². The molecule has 4 N–H and O–H groups in total. The van der Waals surface area contributed by atoms with Crippen molar-refractivity contribution in [1.29, 1.82) is 0 Å². The average Bonchev–Trinajstić information content (AvgIpc) is 2.52. The zero-order valence-electron chi connectivity index (χ0n) is 12.3. The van der Waals surface area contributed by atoms with Crippen molar-refractivity contribution < 1.29 is 9.90 Å². The molecule has 0 aromatic heterocycles. The third-order valence-corrected chi connectivity index (χ3v) is 3.56. The largest absolute Gasteiger partial charge is 0.387 e. The first-order chi connectivity index (χ1) is 10.1. The van der Waals surface area contributed by atoms with Gasteiger partial charge in [-0.25, -0.2) is 0 Å². The summed E-state index contributed by atoms with van der Waals surface area (Å²) >= 11 is 0. The van der Waals surface area contributed by atoms with Crippen LogP contribution in [0.1, 0.15) is 31.4 Å². The van der Waals surface area contributed by atoms with Crippen LogP contribution in [0.4, 0.5) is 0 Å². The Morgan fingerprint density at radius 3 is 2.67 bits per heavy atom. The van der Waals surface area contributed by atoms with Crippen molar-refractivity contribution in [3.05, 3.63) is 48.0 Å². The molecule has 0 heterocycles. The molecule has 2 aromatic carbocycles. The summed E-state index contributed by atoms with van der Waals surface area (Å²) in [6.07, 6.45) is 0.784. The van der Waals surface area contributed by atoms with Crippen molar-refractivity contribution >= 4 is 16.7 Å². The van der Waals surface area contributed by atoms with Gasteiger partial charge in [0.1, 0.15) is 0 Å². The molecule has 4 nitrogen and oxygen atoms in total. The lowest BCUT2D eigenvalue weighted by Gasteiger charge is -2.15. The van der Waals surface area contributed by atoms with Gasteiger partial charge in [-0.2, -0.15) is 0 Å². The molecule has 2 rings (SSSR count). The SMILES string of the molecule is CCCC(N)C(=O)NCC(O)c1ccc2ccccc2c1. The Hall–Kier alpha value is -1.91. The van der Waals surface area contributed by atoms with Crippen LogP contribution in [0, 0.1) is 0 Å². The second-order valence-electron chi connectivity index (χ2n) is 5.26. The number of nitrogens with two attached hydrogens (primary N) is 1. The van der Waals surface area contributed by atoms with E-state index in [0.717, 1.165) is 22.8 Å². The minimum atomic E-state index is -0.729. The second-order valence-corrected chi connectivity index (χ2v) is 5.26. The number of carbonyl (C=O) groups excluding carboxylic acids is 1. The predicted octanol–water partition coefficient (Wildman–Crippen LogP) is 2.12. The number of fused-ring (bicyclic) bond motifs is 1. The van der Waals surface area contributed by atoms with Crippen LogP contribution < -0.4 is 11.1 Å². The van der Waals surface area contributed by atoms with E-state index in [1.54, 1.807) is 0 Å². The maximum absolute atomic E-state index is 11.7. The third kappa shape index (κ3) is 4.03. The van der Waals surface area contributed by atoms with Crippen LogP contribution in [0.5, 0.6) is 0 Å². The zero-order chi connectivity index (χ0) is 15.2. The van der Waals surface area contributed by atoms with Gasteiger partial charge >= 0.3 is 0 Å². The highest BCUT2D eigenvalue weighted by Crippen LogP contribution is 2.20. The van der Waals surface area contributed by atoms with Gasteiger partial charge in [0.05, 0.1) is 12.1 Å². The number of aliphatic hydroxyl groups is 1. The maximum Gasteiger partial charge on any atom is 0.237 e. The van der Waals surface area contributed by atoms with E-state index in [2.05, 4.69) is 5.32 Å². The second kappa shape index (κ2) is 7.20. The predicted molar refractivity (Wildman–Crippen MR) is 84.8 cm³/mol. The minimum Gasteiger partial charge on any atom is -0.387 e. The van der Waals surface area contributed by atoms with Crippen molar-refractivity contribution in [3.63, 3.8) is 0 Å². The van der Waals surface area contributed by atoms with E-state index in [0.29, 0.717) is 6.42 Å². The summed E-state index contributed by atoms with van der Waals surface area (Å²) in [6, 6.07) is 13.3. The van der Waals surface area contributed by atoms with Gasteiger partial charge < -0.3 is 16.2 Å². The van der Waals surface area contributed by atoms with Gasteiger partial charge in [-0.05, 0) is 28.8 Å². The van der Waals surface area contributed by atoms with Crippen LogP contribution >= 0.6 is 0 Å². The van der Waals surface area contributed by atoms with E-state index in [9.17, 15) is 9.90 Å². The first kappa shape index (κ1) is 15.5. The van der Waals surface area contributed by atoms with E-state index < -0.39 is 12.1 Å². The summed E-state index contributed by atoms with van der Waals surface area (Å²) < 4.78 is 0. The highest BCUT2D eigenvalue weighted by molar-refractivity contribution is 5.83. The molecule has 0 saturated carbocycles. The zero-order valence-corrected chi connectivity index (χ0v) is 12.3. The fourth-order valence-corrected chi connectivity index (χ4v) is 2.30. The topological polar surface area (TPSA) is 75.4 Å². The van der Waals surface area contributed by atoms with Crippen LogP contribution in [0.2, 0.25) is 0 Å². The fourth-order valence-electron chi connectivity index (χ4n) is 2.30. The Morgan fingerprint density at radius 2 is 1.95 bits per heavy atom. The number of aliphatic hydroxyl groups excluding tert-OH is 1. The summed E-state index contributed by atoms with van der Waals surface area (Å²) in [7, 11) is 0. The van der Waals surface area contributed by atoms with E-state index >= 15 is 0 Å². The molecule has 0 aliphatic rings. The van der Waals surface area contributed by atoms with Crippen molar-refractivity contribution in [2.24, 2.45) is 5.73 Å². The first-order valence-corrected chi connectivity index (χ1v) is 7.32. The van der Waals surface area contributed by atoms with E-state index in [1.807, 2.05) is 49.4 Å².